The zero-order valence-electron chi connectivity index (χ0n) is 30.6. The number of ketones is 1. The number of aliphatic hydroxyl groups excluding tert-OH is 2. The fraction of sp³-hybridized carbons (Fsp3) is 0.195. The SMILES string of the molecule is C[C@H](NC(=O)c1c(N)nn2cccnc12)c1cc2cccc(NC(=O)CCOC(=O)CCC(=O)c3cc4cc(CO)c(CO)cc4s3)c2c(=O)n1-c1ccccc1. The normalized spacial score (nSPS) is 11.8. The predicted octanol–water partition coefficient (Wildman–Crippen LogP) is 4.84. The van der Waals surface area contributed by atoms with Gasteiger partial charge < -0.3 is 31.3 Å². The molecule has 0 unspecified atom stereocenters. The first-order valence-corrected chi connectivity index (χ1v) is 18.8. The van der Waals surface area contributed by atoms with E-state index in [-0.39, 0.29) is 73.0 Å². The fourth-order valence-corrected chi connectivity index (χ4v) is 7.68. The van der Waals surface area contributed by atoms with Crippen molar-refractivity contribution in [2.45, 2.75) is 45.4 Å². The number of nitrogens with zero attached hydrogens (tertiary/aromatic N) is 4. The average Bonchev–Trinajstić information content (AvgIpc) is 3.79. The van der Waals surface area contributed by atoms with Gasteiger partial charge in [0, 0.05) is 34.9 Å². The highest BCUT2D eigenvalue weighted by Gasteiger charge is 2.24. The van der Waals surface area contributed by atoms with Crippen LogP contribution in [-0.2, 0) is 27.5 Å². The maximum absolute atomic E-state index is 14.4. The second-order valence-corrected chi connectivity index (χ2v) is 14.3. The van der Waals surface area contributed by atoms with Crippen molar-refractivity contribution in [3.8, 4) is 5.69 Å². The van der Waals surface area contributed by atoms with Crippen molar-refractivity contribution in [2.75, 3.05) is 17.7 Å². The third-order valence-corrected chi connectivity index (χ3v) is 10.5. The lowest BCUT2D eigenvalue weighted by Gasteiger charge is -2.21. The molecule has 290 valence electrons. The molecule has 57 heavy (non-hydrogen) atoms. The first-order valence-electron chi connectivity index (χ1n) is 18.0. The molecule has 0 aliphatic carbocycles. The summed E-state index contributed by atoms with van der Waals surface area (Å²) in [5, 5.41) is 30.5. The molecular formula is C41H37N7O8S. The number of aliphatic hydroxyl groups is 2. The van der Waals surface area contributed by atoms with E-state index in [1.165, 1.54) is 26.6 Å². The number of benzene rings is 3. The third-order valence-electron chi connectivity index (χ3n) is 9.41. The van der Waals surface area contributed by atoms with Crippen molar-refractivity contribution in [3.63, 3.8) is 0 Å². The van der Waals surface area contributed by atoms with Crippen molar-refractivity contribution in [3.05, 3.63) is 129 Å². The minimum absolute atomic E-state index is 0.00335. The van der Waals surface area contributed by atoms with Gasteiger partial charge >= 0.3 is 5.97 Å². The monoisotopic (exact) mass is 787 g/mol. The quantitative estimate of drug-likeness (QED) is 0.0742. The number of aromatic nitrogens is 4. The van der Waals surface area contributed by atoms with Gasteiger partial charge in [-0.2, -0.15) is 0 Å². The van der Waals surface area contributed by atoms with Crippen molar-refractivity contribution >= 4 is 72.9 Å². The van der Waals surface area contributed by atoms with Gasteiger partial charge in [0.2, 0.25) is 5.91 Å². The van der Waals surface area contributed by atoms with E-state index in [4.69, 9.17) is 10.5 Å². The Hall–Kier alpha value is -6.75. The van der Waals surface area contributed by atoms with Gasteiger partial charge in [0.05, 0.1) is 48.0 Å². The van der Waals surface area contributed by atoms with Crippen LogP contribution in [0.15, 0.2) is 96.1 Å². The molecule has 1 atom stereocenters. The highest BCUT2D eigenvalue weighted by molar-refractivity contribution is 7.20. The first kappa shape index (κ1) is 38.5. The maximum Gasteiger partial charge on any atom is 0.306 e. The molecule has 0 aliphatic rings. The van der Waals surface area contributed by atoms with E-state index >= 15 is 0 Å². The van der Waals surface area contributed by atoms with Crippen LogP contribution in [0.5, 0.6) is 0 Å². The number of carbonyl (C=O) groups excluding carboxylic acids is 4. The summed E-state index contributed by atoms with van der Waals surface area (Å²) in [7, 11) is 0. The van der Waals surface area contributed by atoms with Crippen LogP contribution in [0.1, 0.15) is 69.1 Å². The molecule has 16 heteroatoms. The molecule has 0 saturated heterocycles. The minimum atomic E-state index is -0.707. The molecule has 0 aliphatic heterocycles. The molecule has 0 saturated carbocycles. The molecule has 7 rings (SSSR count). The average molecular weight is 788 g/mol. The maximum atomic E-state index is 14.4. The second kappa shape index (κ2) is 16.5. The molecule has 0 fully saturated rings. The first-order chi connectivity index (χ1) is 27.6. The smallest absolute Gasteiger partial charge is 0.306 e. The number of para-hydroxylation sites is 1. The van der Waals surface area contributed by atoms with Gasteiger partial charge in [0.1, 0.15) is 12.2 Å². The molecule has 3 aromatic carbocycles. The van der Waals surface area contributed by atoms with Crippen LogP contribution in [-0.4, -0.2) is 59.6 Å². The molecule has 7 aromatic rings. The van der Waals surface area contributed by atoms with Crippen molar-refractivity contribution in [1.29, 1.82) is 0 Å². The zero-order chi connectivity index (χ0) is 40.2. The van der Waals surface area contributed by atoms with E-state index in [9.17, 15) is 34.2 Å². The number of amides is 2. The van der Waals surface area contributed by atoms with Gasteiger partial charge in [-0.05, 0) is 77.4 Å². The Morgan fingerprint density at radius 1 is 0.912 bits per heavy atom. The van der Waals surface area contributed by atoms with Gasteiger partial charge in [-0.15, -0.1) is 16.4 Å². The minimum Gasteiger partial charge on any atom is -0.465 e. The van der Waals surface area contributed by atoms with Crippen molar-refractivity contribution in [2.24, 2.45) is 0 Å². The number of Topliss-reactive ketones (excluding diaryl/α,β-unsaturated/α-hetero) is 1. The number of rotatable bonds is 14. The number of nitrogen functional groups attached to an aromatic ring is 1. The van der Waals surface area contributed by atoms with Gasteiger partial charge in [-0.25, -0.2) is 9.50 Å². The summed E-state index contributed by atoms with van der Waals surface area (Å²) in [5.41, 5.74) is 8.42. The standard InChI is InChI=1S/C41H37N7O8S/c1-23(44-40(54)37-38(42)46-47-15-6-14-43-39(37)47)30-18-24-7-5-10-29(36(24)41(55)48(30)28-8-3-2-4-9-28)45-34(52)13-16-56-35(53)12-11-31(51)33-19-25-17-26(21-49)27(22-50)20-32(25)57-33/h2-10,14-15,17-20,23,49-50H,11-13,16,21-22H2,1H3,(H2,42,46)(H,44,54)(H,45,52)/t23-/m0/s1. The van der Waals surface area contributed by atoms with E-state index in [0.29, 0.717) is 32.8 Å². The molecule has 6 N–H and O–H groups in total. The lowest BCUT2D eigenvalue weighted by atomic mass is 10.1. The molecule has 0 spiro atoms. The Labute approximate surface area is 328 Å². The number of carbonyl (C=O) groups is 4. The van der Waals surface area contributed by atoms with Crippen LogP contribution in [0.3, 0.4) is 0 Å². The van der Waals surface area contributed by atoms with Crippen LogP contribution in [0.2, 0.25) is 0 Å². The number of nitrogens with one attached hydrogen (secondary N) is 2. The fourth-order valence-electron chi connectivity index (χ4n) is 6.60. The number of ether oxygens (including phenoxy) is 1. The molecule has 0 radical (unpaired) electrons. The largest absolute Gasteiger partial charge is 0.465 e. The van der Waals surface area contributed by atoms with E-state index < -0.39 is 29.4 Å². The Bertz CT molecular complexity index is 2700. The van der Waals surface area contributed by atoms with Gasteiger partial charge in [-0.3, -0.25) is 28.5 Å². The highest BCUT2D eigenvalue weighted by Crippen LogP contribution is 2.31. The summed E-state index contributed by atoms with van der Waals surface area (Å²) >= 11 is 1.24. The molecule has 15 nitrogen and oxygen atoms in total. The second-order valence-electron chi connectivity index (χ2n) is 13.2. The van der Waals surface area contributed by atoms with Crippen LogP contribution in [0.25, 0.3) is 32.2 Å². The van der Waals surface area contributed by atoms with Crippen LogP contribution in [0, 0.1) is 0 Å². The van der Waals surface area contributed by atoms with Crippen molar-refractivity contribution in [1.82, 2.24) is 24.5 Å². The van der Waals surface area contributed by atoms with Crippen molar-refractivity contribution < 1.29 is 34.1 Å². The van der Waals surface area contributed by atoms with Crippen LogP contribution >= 0.6 is 11.3 Å². The topological polar surface area (TPSA) is 220 Å². The van der Waals surface area contributed by atoms with E-state index in [1.807, 2.05) is 6.07 Å². The summed E-state index contributed by atoms with van der Waals surface area (Å²) in [4.78, 5) is 71.1. The number of hydrogen-bond donors (Lipinski definition) is 5. The number of nitrogens with two attached hydrogens (primary N) is 1. The van der Waals surface area contributed by atoms with E-state index in [2.05, 4.69) is 20.7 Å². The van der Waals surface area contributed by atoms with E-state index in [1.54, 1.807) is 85.9 Å². The summed E-state index contributed by atoms with van der Waals surface area (Å²) < 4.78 is 8.92. The Morgan fingerprint density at radius 2 is 1.68 bits per heavy atom. The molecule has 4 aromatic heterocycles. The van der Waals surface area contributed by atoms with Gasteiger partial charge in [0.15, 0.2) is 17.2 Å². The lowest BCUT2D eigenvalue weighted by Crippen LogP contribution is -2.32. The summed E-state index contributed by atoms with van der Waals surface area (Å²) in [6, 6.07) is 21.8. The van der Waals surface area contributed by atoms with Crippen LogP contribution in [0.4, 0.5) is 11.5 Å². The third kappa shape index (κ3) is 8.00. The number of hydrogen-bond acceptors (Lipinski definition) is 12. The number of anilines is 2. The molecule has 4 heterocycles. The number of esters is 1. The number of fused-ring (bicyclic) bond motifs is 3. The molecule has 2 amide bonds. The summed E-state index contributed by atoms with van der Waals surface area (Å²) in [6.07, 6.45) is 2.66. The molecule has 0 bridgehead atoms. The summed E-state index contributed by atoms with van der Waals surface area (Å²) in [6.45, 7) is 1.01. The number of thiophene rings is 1. The van der Waals surface area contributed by atoms with Crippen LogP contribution < -0.4 is 21.9 Å². The number of pyridine rings is 1. The Kier molecular flexibility index (Phi) is 11.2. The predicted molar refractivity (Wildman–Crippen MR) is 214 cm³/mol. The summed E-state index contributed by atoms with van der Waals surface area (Å²) in [5.74, 6) is -1.93. The Balaban J connectivity index is 1.03. The van der Waals surface area contributed by atoms with Gasteiger partial charge in [0.25, 0.3) is 11.5 Å². The zero-order valence-corrected chi connectivity index (χ0v) is 31.4. The van der Waals surface area contributed by atoms with Gasteiger partial charge in [-0.1, -0.05) is 30.3 Å². The van der Waals surface area contributed by atoms with E-state index in [0.717, 1.165) is 10.1 Å². The lowest BCUT2D eigenvalue weighted by molar-refractivity contribution is -0.144. The Morgan fingerprint density at radius 3 is 2.46 bits per heavy atom. The highest BCUT2D eigenvalue weighted by atomic mass is 32.1. The molecular weight excluding hydrogens is 751 g/mol.